The van der Waals surface area contributed by atoms with Crippen LogP contribution >= 0.6 is 15.9 Å². The van der Waals surface area contributed by atoms with Gasteiger partial charge in [0.25, 0.3) is 0 Å². The Bertz CT molecular complexity index is 429. The molecular weight excluding hydrogens is 280 g/mol. The number of rotatable bonds is 2. The summed E-state index contributed by atoms with van der Waals surface area (Å²) >= 11 is 3.46. The van der Waals surface area contributed by atoms with Gasteiger partial charge in [0.1, 0.15) is 0 Å². The Hall–Kier alpha value is -1.03. The third-order valence-electron chi connectivity index (χ3n) is 3.20. The van der Waals surface area contributed by atoms with Crippen LogP contribution in [0.25, 0.3) is 0 Å². The number of carbonyl (C=O) groups excluding carboxylic acids is 1. The summed E-state index contributed by atoms with van der Waals surface area (Å²) in [5, 5.41) is 0. The number of nitrogens with zero attached hydrogens (tertiary/aromatic N) is 2. The highest BCUT2D eigenvalue weighted by Gasteiger charge is 2.27. The highest BCUT2D eigenvalue weighted by molar-refractivity contribution is 9.10. The van der Waals surface area contributed by atoms with E-state index in [1.165, 1.54) is 5.56 Å². The van der Waals surface area contributed by atoms with E-state index in [4.69, 9.17) is 0 Å². The minimum atomic E-state index is 0.121. The zero-order valence-electron chi connectivity index (χ0n) is 10.2. The summed E-state index contributed by atoms with van der Waals surface area (Å²) < 4.78 is 1.08. The molecule has 4 heteroatoms. The molecule has 17 heavy (non-hydrogen) atoms. The third kappa shape index (κ3) is 2.32. The molecule has 1 aromatic rings. The molecule has 0 saturated carbocycles. The maximum atomic E-state index is 12.3. The minimum absolute atomic E-state index is 0.121. The zero-order valence-corrected chi connectivity index (χ0v) is 11.8. The molecule has 0 bridgehead atoms. The van der Waals surface area contributed by atoms with E-state index < -0.39 is 0 Å². The fourth-order valence-electron chi connectivity index (χ4n) is 2.23. The molecule has 92 valence electrons. The van der Waals surface area contributed by atoms with Crippen LogP contribution in [0.4, 0.5) is 10.5 Å². The summed E-state index contributed by atoms with van der Waals surface area (Å²) in [6, 6.07) is 6.24. The van der Waals surface area contributed by atoms with E-state index in [-0.39, 0.29) is 6.03 Å². The number of anilines is 1. The van der Waals surface area contributed by atoms with Gasteiger partial charge in [0, 0.05) is 29.8 Å². The van der Waals surface area contributed by atoms with Crippen molar-refractivity contribution >= 4 is 27.6 Å². The molecule has 0 aliphatic carbocycles. The number of halogens is 1. The van der Waals surface area contributed by atoms with E-state index in [0.717, 1.165) is 36.2 Å². The summed E-state index contributed by atoms with van der Waals surface area (Å²) in [6.07, 6.45) is 0.946. The first-order valence-electron chi connectivity index (χ1n) is 6.02. The topological polar surface area (TPSA) is 23.6 Å². The number of urea groups is 1. The summed E-state index contributed by atoms with van der Waals surface area (Å²) in [7, 11) is 0. The van der Waals surface area contributed by atoms with Gasteiger partial charge in [-0.2, -0.15) is 0 Å². The molecule has 0 aromatic heterocycles. The molecule has 1 aliphatic heterocycles. The van der Waals surface area contributed by atoms with Gasteiger partial charge in [0.05, 0.1) is 0 Å². The standard InChI is InChI=1S/C13H17BrN2O/c1-3-15(4-2)13(17)16-8-7-10-9-11(14)5-6-12(10)16/h5-6,9H,3-4,7-8H2,1-2H3. The van der Waals surface area contributed by atoms with Crippen LogP contribution in [-0.4, -0.2) is 30.6 Å². The summed E-state index contributed by atoms with van der Waals surface area (Å²) in [5.74, 6) is 0. The Morgan fingerprint density at radius 3 is 2.76 bits per heavy atom. The molecule has 0 spiro atoms. The Kier molecular flexibility index (Phi) is 3.72. The maximum Gasteiger partial charge on any atom is 0.324 e. The quantitative estimate of drug-likeness (QED) is 0.822. The Morgan fingerprint density at radius 2 is 2.12 bits per heavy atom. The average Bonchev–Trinajstić information content (AvgIpc) is 2.73. The van der Waals surface area contributed by atoms with E-state index in [1.807, 2.05) is 35.8 Å². The molecular formula is C13H17BrN2O. The van der Waals surface area contributed by atoms with Crippen LogP contribution in [0, 0.1) is 0 Å². The second kappa shape index (κ2) is 5.08. The largest absolute Gasteiger partial charge is 0.325 e. The van der Waals surface area contributed by atoms with E-state index in [9.17, 15) is 4.79 Å². The first-order valence-corrected chi connectivity index (χ1v) is 6.81. The van der Waals surface area contributed by atoms with Crippen molar-refractivity contribution in [3.05, 3.63) is 28.2 Å². The number of fused-ring (bicyclic) bond motifs is 1. The smallest absolute Gasteiger partial charge is 0.324 e. The van der Waals surface area contributed by atoms with Crippen molar-refractivity contribution in [1.29, 1.82) is 0 Å². The first kappa shape index (κ1) is 12.4. The Balaban J connectivity index is 2.24. The van der Waals surface area contributed by atoms with Crippen molar-refractivity contribution < 1.29 is 4.79 Å². The zero-order chi connectivity index (χ0) is 12.4. The lowest BCUT2D eigenvalue weighted by Crippen LogP contribution is -2.42. The van der Waals surface area contributed by atoms with Crippen LogP contribution in [0.5, 0.6) is 0 Å². The highest BCUT2D eigenvalue weighted by atomic mass is 79.9. The van der Waals surface area contributed by atoms with Crippen LogP contribution in [0.1, 0.15) is 19.4 Å². The van der Waals surface area contributed by atoms with Crippen LogP contribution in [0.3, 0.4) is 0 Å². The van der Waals surface area contributed by atoms with Crippen molar-refractivity contribution in [1.82, 2.24) is 4.90 Å². The van der Waals surface area contributed by atoms with E-state index >= 15 is 0 Å². The minimum Gasteiger partial charge on any atom is -0.325 e. The monoisotopic (exact) mass is 296 g/mol. The fourth-order valence-corrected chi connectivity index (χ4v) is 2.64. The SMILES string of the molecule is CCN(CC)C(=O)N1CCc2cc(Br)ccc21. The van der Waals surface area contributed by atoms with Gasteiger partial charge in [-0.1, -0.05) is 15.9 Å². The van der Waals surface area contributed by atoms with Gasteiger partial charge in [0.15, 0.2) is 0 Å². The number of carbonyl (C=O) groups is 1. The fraction of sp³-hybridized carbons (Fsp3) is 0.462. The normalized spacial score (nSPS) is 13.7. The van der Waals surface area contributed by atoms with Crippen molar-refractivity contribution in [2.24, 2.45) is 0 Å². The molecule has 2 rings (SSSR count). The first-order chi connectivity index (χ1) is 8.17. The van der Waals surface area contributed by atoms with Gasteiger partial charge < -0.3 is 4.90 Å². The third-order valence-corrected chi connectivity index (χ3v) is 3.70. The molecule has 1 heterocycles. The Labute approximate surface area is 111 Å². The van der Waals surface area contributed by atoms with Crippen LogP contribution in [0.15, 0.2) is 22.7 Å². The number of hydrogen-bond donors (Lipinski definition) is 0. The van der Waals surface area contributed by atoms with Gasteiger partial charge in [-0.25, -0.2) is 4.79 Å². The summed E-state index contributed by atoms with van der Waals surface area (Å²) in [4.78, 5) is 16.0. The molecule has 2 amide bonds. The average molecular weight is 297 g/mol. The lowest BCUT2D eigenvalue weighted by molar-refractivity contribution is 0.210. The van der Waals surface area contributed by atoms with Crippen LogP contribution < -0.4 is 4.90 Å². The van der Waals surface area contributed by atoms with Crippen molar-refractivity contribution in [2.45, 2.75) is 20.3 Å². The predicted octanol–water partition coefficient (Wildman–Crippen LogP) is 3.27. The molecule has 0 unspecified atom stereocenters. The van der Waals surface area contributed by atoms with Gasteiger partial charge in [-0.3, -0.25) is 4.90 Å². The maximum absolute atomic E-state index is 12.3. The number of hydrogen-bond acceptors (Lipinski definition) is 1. The number of benzene rings is 1. The second-order valence-corrected chi connectivity index (χ2v) is 5.05. The van der Waals surface area contributed by atoms with Crippen molar-refractivity contribution in [2.75, 3.05) is 24.5 Å². The molecule has 0 N–H and O–H groups in total. The van der Waals surface area contributed by atoms with Crippen LogP contribution in [-0.2, 0) is 6.42 Å². The van der Waals surface area contributed by atoms with Gasteiger partial charge in [0.2, 0.25) is 0 Å². The summed E-state index contributed by atoms with van der Waals surface area (Å²) in [6.45, 7) is 6.34. The molecule has 1 aromatic carbocycles. The molecule has 3 nitrogen and oxygen atoms in total. The van der Waals surface area contributed by atoms with Crippen LogP contribution in [0.2, 0.25) is 0 Å². The summed E-state index contributed by atoms with van der Waals surface area (Å²) in [5.41, 5.74) is 2.31. The molecule has 0 saturated heterocycles. The van der Waals surface area contributed by atoms with Crippen molar-refractivity contribution in [3.63, 3.8) is 0 Å². The van der Waals surface area contributed by atoms with Gasteiger partial charge >= 0.3 is 6.03 Å². The van der Waals surface area contributed by atoms with Gasteiger partial charge in [-0.05, 0) is 44.0 Å². The molecule has 0 radical (unpaired) electrons. The predicted molar refractivity (Wildman–Crippen MR) is 73.5 cm³/mol. The van der Waals surface area contributed by atoms with Gasteiger partial charge in [-0.15, -0.1) is 0 Å². The molecule has 1 aliphatic rings. The lowest BCUT2D eigenvalue weighted by Gasteiger charge is -2.26. The number of amides is 2. The Morgan fingerprint density at radius 1 is 1.41 bits per heavy atom. The highest BCUT2D eigenvalue weighted by Crippen LogP contribution is 2.31. The van der Waals surface area contributed by atoms with E-state index in [2.05, 4.69) is 22.0 Å². The van der Waals surface area contributed by atoms with E-state index in [1.54, 1.807) is 0 Å². The molecule has 0 atom stereocenters. The molecule has 0 fully saturated rings. The lowest BCUT2D eigenvalue weighted by atomic mass is 10.2. The van der Waals surface area contributed by atoms with E-state index in [0.29, 0.717) is 0 Å². The van der Waals surface area contributed by atoms with Crippen molar-refractivity contribution in [3.8, 4) is 0 Å². The second-order valence-electron chi connectivity index (χ2n) is 4.13.